The van der Waals surface area contributed by atoms with E-state index in [-0.39, 0.29) is 5.91 Å². The number of aromatic nitrogens is 1. The number of thiazole rings is 1. The van der Waals surface area contributed by atoms with Crippen LogP contribution in [0.15, 0.2) is 24.3 Å². The largest absolute Gasteiger partial charge is 0.375 e. The van der Waals surface area contributed by atoms with E-state index in [9.17, 15) is 4.79 Å². The highest BCUT2D eigenvalue weighted by Crippen LogP contribution is 2.42. The first kappa shape index (κ1) is 16.1. The molecule has 1 aliphatic carbocycles. The lowest BCUT2D eigenvalue weighted by Crippen LogP contribution is -2.37. The second-order valence-corrected chi connectivity index (χ2v) is 7.96. The Bertz CT molecular complexity index is 727. The second kappa shape index (κ2) is 6.47. The molecule has 4 nitrogen and oxygen atoms in total. The van der Waals surface area contributed by atoms with E-state index in [1.54, 1.807) is 0 Å². The van der Waals surface area contributed by atoms with Gasteiger partial charge in [0.15, 0.2) is 5.13 Å². The highest BCUT2D eigenvalue weighted by molar-refractivity contribution is 7.15. The summed E-state index contributed by atoms with van der Waals surface area (Å²) in [5, 5.41) is 4.46. The lowest BCUT2D eigenvalue weighted by Gasteiger charge is -2.27. The second-order valence-electron chi connectivity index (χ2n) is 6.44. The van der Waals surface area contributed by atoms with Crippen LogP contribution in [0.1, 0.15) is 41.8 Å². The quantitative estimate of drug-likeness (QED) is 0.884. The summed E-state index contributed by atoms with van der Waals surface area (Å²) in [6.45, 7) is 1.31. The molecule has 1 N–H and O–H groups in total. The van der Waals surface area contributed by atoms with Crippen molar-refractivity contribution in [3.05, 3.63) is 45.4 Å². The van der Waals surface area contributed by atoms with Crippen LogP contribution >= 0.6 is 22.9 Å². The van der Waals surface area contributed by atoms with Crippen molar-refractivity contribution in [2.75, 3.05) is 11.9 Å². The van der Waals surface area contributed by atoms with Crippen molar-refractivity contribution in [1.29, 1.82) is 0 Å². The smallest absolute Gasteiger partial charge is 0.236 e. The zero-order valence-corrected chi connectivity index (χ0v) is 14.9. The average molecular weight is 363 g/mol. The molecule has 6 heteroatoms. The van der Waals surface area contributed by atoms with Gasteiger partial charge in [-0.1, -0.05) is 47.9 Å². The van der Waals surface area contributed by atoms with E-state index in [1.807, 2.05) is 24.3 Å². The molecule has 0 spiro atoms. The average Bonchev–Trinajstić information content (AvgIpc) is 3.22. The topological polar surface area (TPSA) is 51.2 Å². The van der Waals surface area contributed by atoms with Gasteiger partial charge in [-0.15, -0.1) is 0 Å². The third-order valence-electron chi connectivity index (χ3n) is 5.00. The Kier molecular flexibility index (Phi) is 4.33. The number of ether oxygens (including phenoxy) is 1. The molecule has 0 saturated heterocycles. The maximum atomic E-state index is 13.1. The highest BCUT2D eigenvalue weighted by atomic mass is 35.5. The molecule has 1 aliphatic heterocycles. The molecule has 1 fully saturated rings. The fourth-order valence-corrected chi connectivity index (χ4v) is 4.76. The number of rotatable bonds is 3. The maximum absolute atomic E-state index is 13.1. The maximum Gasteiger partial charge on any atom is 0.236 e. The summed E-state index contributed by atoms with van der Waals surface area (Å²) in [7, 11) is 0. The van der Waals surface area contributed by atoms with E-state index in [1.165, 1.54) is 11.3 Å². The molecule has 4 rings (SSSR count). The molecule has 126 valence electrons. The van der Waals surface area contributed by atoms with Gasteiger partial charge in [0.05, 0.1) is 29.2 Å². The van der Waals surface area contributed by atoms with Crippen LogP contribution in [-0.4, -0.2) is 17.5 Å². The van der Waals surface area contributed by atoms with Crippen LogP contribution in [0.5, 0.6) is 0 Å². The Balaban J connectivity index is 1.60. The van der Waals surface area contributed by atoms with Gasteiger partial charge in [-0.3, -0.25) is 4.79 Å². The number of fused-ring (bicyclic) bond motifs is 1. The van der Waals surface area contributed by atoms with E-state index in [4.69, 9.17) is 16.3 Å². The van der Waals surface area contributed by atoms with Gasteiger partial charge in [-0.25, -0.2) is 4.98 Å². The van der Waals surface area contributed by atoms with Crippen LogP contribution in [-0.2, 0) is 28.0 Å². The molecule has 2 heterocycles. The fourth-order valence-electron chi connectivity index (χ4n) is 3.69. The van der Waals surface area contributed by atoms with Crippen molar-refractivity contribution in [2.45, 2.75) is 44.1 Å². The molecular formula is C18H19ClN2O2S. The molecule has 0 bridgehead atoms. The van der Waals surface area contributed by atoms with E-state index < -0.39 is 5.41 Å². The van der Waals surface area contributed by atoms with Crippen LogP contribution in [0.3, 0.4) is 0 Å². The third kappa shape index (κ3) is 2.85. The number of benzene rings is 1. The number of anilines is 1. The van der Waals surface area contributed by atoms with Crippen molar-refractivity contribution in [1.82, 2.24) is 4.98 Å². The molecular weight excluding hydrogens is 344 g/mol. The van der Waals surface area contributed by atoms with Crippen LogP contribution < -0.4 is 5.32 Å². The summed E-state index contributed by atoms with van der Waals surface area (Å²) in [6.07, 6.45) is 4.70. The number of carbonyl (C=O) groups excluding carboxylic acids is 1. The summed E-state index contributed by atoms with van der Waals surface area (Å²) >= 11 is 7.54. The molecule has 1 aromatic carbocycles. The zero-order valence-electron chi connectivity index (χ0n) is 13.3. The SMILES string of the molecule is O=C(Nc1nc2c(s1)COCC2)C1(c2ccc(Cl)cc2)CCCC1. The number of nitrogens with one attached hydrogen (secondary N) is 1. The standard InChI is InChI=1S/C18H19ClN2O2S/c19-13-5-3-12(4-6-13)18(8-1-2-9-18)16(22)21-17-20-14-7-10-23-11-15(14)24-17/h3-6H,1-2,7-11H2,(H,20,21,22). The third-order valence-corrected chi connectivity index (χ3v) is 6.24. The number of nitrogens with zero attached hydrogens (tertiary/aromatic N) is 1. The Morgan fingerprint density at radius 3 is 2.71 bits per heavy atom. The number of hydrogen-bond donors (Lipinski definition) is 1. The minimum atomic E-state index is -0.465. The van der Waals surface area contributed by atoms with Gasteiger partial charge in [0.25, 0.3) is 0 Å². The molecule has 2 aliphatic rings. The van der Waals surface area contributed by atoms with Crippen molar-refractivity contribution >= 4 is 34.0 Å². The van der Waals surface area contributed by atoms with Gasteiger partial charge in [0.1, 0.15) is 0 Å². The minimum Gasteiger partial charge on any atom is -0.375 e. The van der Waals surface area contributed by atoms with Crippen LogP contribution in [0.2, 0.25) is 5.02 Å². The first-order valence-corrected chi connectivity index (χ1v) is 9.51. The number of halogens is 1. The highest BCUT2D eigenvalue weighted by Gasteiger charge is 2.43. The molecule has 0 radical (unpaired) electrons. The fraction of sp³-hybridized carbons (Fsp3) is 0.444. The number of amides is 1. The van der Waals surface area contributed by atoms with Crippen LogP contribution in [0.4, 0.5) is 5.13 Å². The lowest BCUT2D eigenvalue weighted by molar-refractivity contribution is -0.121. The van der Waals surface area contributed by atoms with Crippen LogP contribution in [0.25, 0.3) is 0 Å². The predicted molar refractivity (Wildman–Crippen MR) is 95.7 cm³/mol. The summed E-state index contributed by atoms with van der Waals surface area (Å²) in [5.74, 6) is 0.0503. The molecule has 0 atom stereocenters. The van der Waals surface area contributed by atoms with Crippen molar-refractivity contribution in [2.24, 2.45) is 0 Å². The molecule has 24 heavy (non-hydrogen) atoms. The van der Waals surface area contributed by atoms with Gasteiger partial charge in [0, 0.05) is 11.4 Å². The van der Waals surface area contributed by atoms with Gasteiger partial charge in [-0.2, -0.15) is 0 Å². The normalized spacial score (nSPS) is 19.0. The van der Waals surface area contributed by atoms with Gasteiger partial charge >= 0.3 is 0 Å². The summed E-state index contributed by atoms with van der Waals surface area (Å²) < 4.78 is 5.46. The van der Waals surface area contributed by atoms with Crippen LogP contribution in [0, 0.1) is 0 Å². The van der Waals surface area contributed by atoms with Gasteiger partial charge in [-0.05, 0) is 30.5 Å². The summed E-state index contributed by atoms with van der Waals surface area (Å²) in [6, 6.07) is 7.69. The van der Waals surface area contributed by atoms with E-state index in [2.05, 4.69) is 10.3 Å². The van der Waals surface area contributed by atoms with E-state index in [0.29, 0.717) is 23.4 Å². The Hall–Kier alpha value is -1.43. The first-order valence-electron chi connectivity index (χ1n) is 8.31. The molecule has 1 saturated carbocycles. The van der Waals surface area contributed by atoms with Crippen molar-refractivity contribution in [3.63, 3.8) is 0 Å². The molecule has 1 aromatic heterocycles. The van der Waals surface area contributed by atoms with E-state index >= 15 is 0 Å². The minimum absolute atomic E-state index is 0.0503. The van der Waals surface area contributed by atoms with Gasteiger partial charge < -0.3 is 10.1 Å². The monoisotopic (exact) mass is 362 g/mol. The molecule has 1 amide bonds. The summed E-state index contributed by atoms with van der Waals surface area (Å²) in [5.41, 5.74) is 1.65. The Labute approximate surface area is 150 Å². The van der Waals surface area contributed by atoms with Crippen molar-refractivity contribution < 1.29 is 9.53 Å². The van der Waals surface area contributed by atoms with E-state index in [0.717, 1.165) is 48.2 Å². The van der Waals surface area contributed by atoms with Crippen molar-refractivity contribution in [3.8, 4) is 0 Å². The predicted octanol–water partition coefficient (Wildman–Crippen LogP) is 4.32. The summed E-state index contributed by atoms with van der Waals surface area (Å²) in [4.78, 5) is 18.8. The molecule has 0 unspecified atom stereocenters. The Morgan fingerprint density at radius 2 is 2.00 bits per heavy atom. The Morgan fingerprint density at radius 1 is 1.25 bits per heavy atom. The number of hydrogen-bond acceptors (Lipinski definition) is 4. The lowest BCUT2D eigenvalue weighted by atomic mass is 9.78. The zero-order chi connectivity index (χ0) is 16.6. The number of carbonyl (C=O) groups is 1. The first-order chi connectivity index (χ1) is 11.7. The molecule has 2 aromatic rings. The van der Waals surface area contributed by atoms with Gasteiger partial charge in [0.2, 0.25) is 5.91 Å².